The van der Waals surface area contributed by atoms with Crippen molar-refractivity contribution in [2.75, 3.05) is 6.54 Å². The molecule has 2 heterocycles. The van der Waals surface area contributed by atoms with E-state index in [1.54, 1.807) is 0 Å². The van der Waals surface area contributed by atoms with Gasteiger partial charge in [0.1, 0.15) is 0 Å². The van der Waals surface area contributed by atoms with E-state index in [0.29, 0.717) is 11.9 Å². The summed E-state index contributed by atoms with van der Waals surface area (Å²) in [7, 11) is 0. The minimum atomic E-state index is 0.342. The van der Waals surface area contributed by atoms with E-state index < -0.39 is 0 Å². The summed E-state index contributed by atoms with van der Waals surface area (Å²) in [5.41, 5.74) is 0. The number of rotatable bonds is 0. The van der Waals surface area contributed by atoms with Gasteiger partial charge in [0.25, 0.3) is 0 Å². The molecule has 0 N–H and O–H groups in total. The van der Waals surface area contributed by atoms with Crippen molar-refractivity contribution in [3.63, 3.8) is 0 Å². The lowest BCUT2D eigenvalue weighted by Crippen LogP contribution is -2.34. The maximum absolute atomic E-state index is 11.1. The van der Waals surface area contributed by atoms with Gasteiger partial charge in [0.2, 0.25) is 5.91 Å². The van der Waals surface area contributed by atoms with Crippen LogP contribution in [0.2, 0.25) is 0 Å². The van der Waals surface area contributed by atoms with Crippen LogP contribution < -0.4 is 0 Å². The van der Waals surface area contributed by atoms with Crippen molar-refractivity contribution < 1.29 is 4.79 Å². The molecule has 0 saturated carbocycles. The summed E-state index contributed by atoms with van der Waals surface area (Å²) in [5.74, 6) is 0.342. The van der Waals surface area contributed by atoms with Crippen LogP contribution in [0.15, 0.2) is 12.2 Å². The van der Waals surface area contributed by atoms with Crippen LogP contribution in [0, 0.1) is 0 Å². The maximum atomic E-state index is 11.1. The second-order valence-electron chi connectivity index (χ2n) is 2.95. The molecular weight excluding hydrogens is 126 g/mol. The molecule has 0 bridgehead atoms. The number of amides is 1. The quantitative estimate of drug-likeness (QED) is 0.455. The maximum Gasteiger partial charge on any atom is 0.223 e. The van der Waals surface area contributed by atoms with Crippen LogP contribution in [0.3, 0.4) is 0 Å². The fraction of sp³-hybridized carbons (Fsp3) is 0.625. The van der Waals surface area contributed by atoms with Crippen molar-refractivity contribution in [2.24, 2.45) is 0 Å². The highest BCUT2D eigenvalue weighted by atomic mass is 16.2. The molecule has 2 aliphatic rings. The molecule has 0 aliphatic carbocycles. The summed E-state index contributed by atoms with van der Waals surface area (Å²) in [4.78, 5) is 13.1. The average molecular weight is 137 g/mol. The van der Waals surface area contributed by atoms with Crippen molar-refractivity contribution in [2.45, 2.75) is 25.3 Å². The van der Waals surface area contributed by atoms with E-state index >= 15 is 0 Å². The lowest BCUT2D eigenvalue weighted by molar-refractivity contribution is -0.128. The Kier molecular flexibility index (Phi) is 1.26. The van der Waals surface area contributed by atoms with E-state index in [4.69, 9.17) is 0 Å². The van der Waals surface area contributed by atoms with E-state index in [1.165, 1.54) is 0 Å². The predicted octanol–water partition coefficient (Wildman–Crippen LogP) is 0.937. The van der Waals surface area contributed by atoms with Crippen molar-refractivity contribution in [3.8, 4) is 0 Å². The number of fused-ring (bicyclic) bond motifs is 1. The summed E-state index contributed by atoms with van der Waals surface area (Å²) >= 11 is 0. The van der Waals surface area contributed by atoms with Gasteiger partial charge in [0.15, 0.2) is 0 Å². The molecule has 2 rings (SSSR count). The van der Waals surface area contributed by atoms with Gasteiger partial charge in [-0.3, -0.25) is 4.79 Å². The summed E-state index contributed by atoms with van der Waals surface area (Å²) in [5, 5.41) is 0. The predicted molar refractivity (Wildman–Crippen MR) is 38.5 cm³/mol. The summed E-state index contributed by atoms with van der Waals surface area (Å²) in [6, 6.07) is 0.539. The van der Waals surface area contributed by atoms with Crippen LogP contribution in [0.4, 0.5) is 0 Å². The molecule has 10 heavy (non-hydrogen) atoms. The van der Waals surface area contributed by atoms with Gasteiger partial charge in [-0.2, -0.15) is 0 Å². The van der Waals surface area contributed by atoms with Gasteiger partial charge in [-0.15, -0.1) is 0 Å². The van der Waals surface area contributed by atoms with Crippen molar-refractivity contribution in [1.29, 1.82) is 0 Å². The van der Waals surface area contributed by atoms with E-state index in [2.05, 4.69) is 12.2 Å². The molecule has 1 amide bonds. The molecule has 0 spiro atoms. The Bertz CT molecular complexity index is 186. The molecule has 0 unspecified atom stereocenters. The Morgan fingerprint density at radius 1 is 1.50 bits per heavy atom. The monoisotopic (exact) mass is 137 g/mol. The van der Waals surface area contributed by atoms with Crippen molar-refractivity contribution >= 4 is 5.91 Å². The fourth-order valence-electron chi connectivity index (χ4n) is 1.73. The average Bonchev–Trinajstić information content (AvgIpc) is 2.34. The molecule has 2 nitrogen and oxygen atoms in total. The Hall–Kier alpha value is -0.790. The van der Waals surface area contributed by atoms with Crippen LogP contribution in [0.5, 0.6) is 0 Å². The molecule has 1 saturated heterocycles. The first-order valence-electron chi connectivity index (χ1n) is 3.82. The van der Waals surface area contributed by atoms with E-state index in [1.807, 2.05) is 4.90 Å². The number of nitrogens with zero attached hydrogens (tertiary/aromatic N) is 1. The van der Waals surface area contributed by atoms with Crippen molar-refractivity contribution in [1.82, 2.24) is 4.90 Å². The molecule has 1 atom stereocenters. The first-order valence-corrected chi connectivity index (χ1v) is 3.82. The molecular formula is C8H11NO. The van der Waals surface area contributed by atoms with Gasteiger partial charge in [0, 0.05) is 19.0 Å². The lowest BCUT2D eigenvalue weighted by Gasteiger charge is -2.25. The van der Waals surface area contributed by atoms with E-state index in [-0.39, 0.29) is 0 Å². The summed E-state index contributed by atoms with van der Waals surface area (Å²) in [6.07, 6.45) is 7.18. The Morgan fingerprint density at radius 2 is 2.40 bits per heavy atom. The Labute approximate surface area is 60.5 Å². The molecule has 2 heteroatoms. The molecule has 54 valence electrons. The Morgan fingerprint density at radius 3 is 3.20 bits per heavy atom. The molecule has 2 aliphatic heterocycles. The van der Waals surface area contributed by atoms with E-state index in [9.17, 15) is 4.79 Å². The van der Waals surface area contributed by atoms with Crippen LogP contribution in [-0.2, 0) is 4.79 Å². The van der Waals surface area contributed by atoms with Gasteiger partial charge in [-0.1, -0.05) is 12.2 Å². The topological polar surface area (TPSA) is 20.3 Å². The standard InChI is InChI=1S/C8H11NO/c10-8-5-4-7-3-1-2-6-9(7)8/h1-2,7H,3-6H2/t7-/m1/s1. The number of hydrogen-bond acceptors (Lipinski definition) is 1. The normalized spacial score (nSPS) is 31.0. The van der Waals surface area contributed by atoms with Gasteiger partial charge in [0.05, 0.1) is 0 Å². The van der Waals surface area contributed by atoms with Crippen LogP contribution >= 0.6 is 0 Å². The molecule has 0 aromatic heterocycles. The second kappa shape index (κ2) is 2.11. The van der Waals surface area contributed by atoms with Gasteiger partial charge in [-0.05, 0) is 12.8 Å². The lowest BCUT2D eigenvalue weighted by atomic mass is 10.1. The highest BCUT2D eigenvalue weighted by molar-refractivity contribution is 5.79. The first-order chi connectivity index (χ1) is 4.88. The van der Waals surface area contributed by atoms with E-state index in [0.717, 1.165) is 25.8 Å². The minimum absolute atomic E-state index is 0.342. The van der Waals surface area contributed by atoms with Crippen LogP contribution in [-0.4, -0.2) is 23.4 Å². The first kappa shape index (κ1) is 5.96. The fourth-order valence-corrected chi connectivity index (χ4v) is 1.73. The summed E-state index contributed by atoms with van der Waals surface area (Å²) in [6.45, 7) is 0.851. The highest BCUT2D eigenvalue weighted by Crippen LogP contribution is 2.23. The third-order valence-electron chi connectivity index (χ3n) is 2.33. The van der Waals surface area contributed by atoms with Crippen LogP contribution in [0.25, 0.3) is 0 Å². The third-order valence-corrected chi connectivity index (χ3v) is 2.33. The zero-order valence-corrected chi connectivity index (χ0v) is 5.92. The minimum Gasteiger partial charge on any atom is -0.336 e. The van der Waals surface area contributed by atoms with Gasteiger partial charge < -0.3 is 4.90 Å². The highest BCUT2D eigenvalue weighted by Gasteiger charge is 2.30. The third kappa shape index (κ3) is 0.753. The molecule has 0 aromatic rings. The second-order valence-corrected chi connectivity index (χ2v) is 2.95. The molecule has 1 fully saturated rings. The molecule has 0 aromatic carbocycles. The Balaban J connectivity index is 2.17. The summed E-state index contributed by atoms with van der Waals surface area (Å²) < 4.78 is 0. The number of hydrogen-bond donors (Lipinski definition) is 0. The van der Waals surface area contributed by atoms with Gasteiger partial charge >= 0.3 is 0 Å². The molecule has 0 radical (unpaired) electrons. The zero-order chi connectivity index (χ0) is 6.97. The zero-order valence-electron chi connectivity index (χ0n) is 5.92. The SMILES string of the molecule is O=C1CC[C@H]2CC=CCN12. The number of carbonyl (C=O) groups excluding carboxylic acids is 1. The van der Waals surface area contributed by atoms with Crippen molar-refractivity contribution in [3.05, 3.63) is 12.2 Å². The largest absolute Gasteiger partial charge is 0.336 e. The van der Waals surface area contributed by atoms with Crippen LogP contribution in [0.1, 0.15) is 19.3 Å². The number of carbonyl (C=O) groups is 1. The smallest absolute Gasteiger partial charge is 0.223 e. The van der Waals surface area contributed by atoms with Gasteiger partial charge in [-0.25, -0.2) is 0 Å².